The molecule has 1 aromatic heterocycles. The molecular weight excluding hydrogens is 363 g/mol. The fourth-order valence-corrected chi connectivity index (χ4v) is 4.43. The topological polar surface area (TPSA) is 32.8 Å². The van der Waals surface area contributed by atoms with E-state index in [2.05, 4.69) is 17.0 Å². The third kappa shape index (κ3) is 3.82. The van der Waals surface area contributed by atoms with E-state index in [1.165, 1.54) is 23.0 Å². The number of benzene rings is 2. The number of carbonyl (C=O) groups is 1. The van der Waals surface area contributed by atoms with Crippen LogP contribution in [0.25, 0.3) is 10.1 Å². The summed E-state index contributed by atoms with van der Waals surface area (Å²) in [5, 5.41) is 0.531. The Morgan fingerprint density at radius 3 is 2.52 bits per heavy atom. The first kappa shape index (κ1) is 17.9. The molecule has 0 saturated carbocycles. The molecule has 27 heavy (non-hydrogen) atoms. The Morgan fingerprint density at radius 2 is 1.85 bits per heavy atom. The summed E-state index contributed by atoms with van der Waals surface area (Å²) in [5.41, 5.74) is 1.23. The molecular formula is C21H21FN2O2S. The van der Waals surface area contributed by atoms with Crippen molar-refractivity contribution in [1.29, 1.82) is 0 Å². The maximum Gasteiger partial charge on any atom is 0.264 e. The predicted molar refractivity (Wildman–Crippen MR) is 106 cm³/mol. The van der Waals surface area contributed by atoms with E-state index in [0.29, 0.717) is 23.4 Å². The lowest BCUT2D eigenvalue weighted by molar-refractivity contribution is 0.0633. The molecule has 0 radical (unpaired) electrons. The number of halogens is 1. The Morgan fingerprint density at radius 1 is 1.11 bits per heavy atom. The van der Waals surface area contributed by atoms with Crippen LogP contribution in [0.5, 0.6) is 5.75 Å². The second-order valence-corrected chi connectivity index (χ2v) is 7.76. The number of methoxy groups -OCH3 is 1. The molecule has 2 heterocycles. The number of fused-ring (bicyclic) bond motifs is 1. The van der Waals surface area contributed by atoms with Gasteiger partial charge >= 0.3 is 0 Å². The highest BCUT2D eigenvalue weighted by Gasteiger charge is 2.24. The molecule has 140 valence electrons. The number of hydrogen-bond donors (Lipinski definition) is 0. The summed E-state index contributed by atoms with van der Waals surface area (Å²) in [6.45, 7) is 3.89. The molecule has 0 bridgehead atoms. The Bertz CT molecular complexity index is 946. The number of thiophene rings is 1. The van der Waals surface area contributed by atoms with E-state index < -0.39 is 0 Å². The van der Waals surface area contributed by atoms with Crippen LogP contribution in [0, 0.1) is 5.82 Å². The minimum atomic E-state index is -0.271. The zero-order valence-electron chi connectivity index (χ0n) is 15.2. The molecule has 4 rings (SSSR count). The highest BCUT2D eigenvalue weighted by molar-refractivity contribution is 7.20. The zero-order valence-corrected chi connectivity index (χ0v) is 16.0. The molecule has 1 fully saturated rings. The van der Waals surface area contributed by atoms with Gasteiger partial charge in [0.2, 0.25) is 0 Å². The van der Waals surface area contributed by atoms with Crippen LogP contribution >= 0.6 is 11.3 Å². The molecule has 1 aliphatic heterocycles. The van der Waals surface area contributed by atoms with E-state index in [9.17, 15) is 9.18 Å². The molecule has 2 aromatic carbocycles. The summed E-state index contributed by atoms with van der Waals surface area (Å²) < 4.78 is 19.9. The van der Waals surface area contributed by atoms with Gasteiger partial charge in [-0.05, 0) is 35.9 Å². The van der Waals surface area contributed by atoms with Gasteiger partial charge in [-0.25, -0.2) is 4.39 Å². The van der Waals surface area contributed by atoms with Crippen LogP contribution in [0.2, 0.25) is 0 Å². The first-order valence-corrected chi connectivity index (χ1v) is 9.78. The van der Waals surface area contributed by atoms with Crippen LogP contribution in [0.3, 0.4) is 0 Å². The van der Waals surface area contributed by atoms with Gasteiger partial charge in [0, 0.05) is 42.8 Å². The molecule has 0 unspecified atom stereocenters. The summed E-state index contributed by atoms with van der Waals surface area (Å²) in [6, 6.07) is 14.7. The average molecular weight is 384 g/mol. The van der Waals surface area contributed by atoms with E-state index in [1.54, 1.807) is 19.2 Å². The standard InChI is InChI=1S/C21H21FN2O2S/c1-26-16-7-5-15(6-8-16)14-23-9-11-24(12-10-23)21(25)20-13-17-18(22)3-2-4-19(17)27-20/h2-8,13H,9-12,14H2,1H3. The highest BCUT2D eigenvalue weighted by Crippen LogP contribution is 2.28. The fraction of sp³-hybridized carbons (Fsp3) is 0.286. The number of piperazine rings is 1. The molecule has 4 nitrogen and oxygen atoms in total. The predicted octanol–water partition coefficient (Wildman–Crippen LogP) is 4.01. The molecule has 1 aliphatic rings. The van der Waals surface area contributed by atoms with Crippen molar-refractivity contribution in [3.05, 3.63) is 64.8 Å². The largest absolute Gasteiger partial charge is 0.497 e. The number of nitrogens with zero attached hydrogens (tertiary/aromatic N) is 2. The van der Waals surface area contributed by atoms with Gasteiger partial charge in [-0.1, -0.05) is 18.2 Å². The van der Waals surface area contributed by atoms with Gasteiger partial charge in [-0.3, -0.25) is 9.69 Å². The van der Waals surface area contributed by atoms with E-state index in [1.807, 2.05) is 23.1 Å². The van der Waals surface area contributed by atoms with Crippen LogP contribution in [-0.2, 0) is 6.54 Å². The monoisotopic (exact) mass is 384 g/mol. The number of rotatable bonds is 4. The smallest absolute Gasteiger partial charge is 0.264 e. The van der Waals surface area contributed by atoms with Gasteiger partial charge in [0.05, 0.1) is 12.0 Å². The summed E-state index contributed by atoms with van der Waals surface area (Å²) in [4.78, 5) is 17.6. The van der Waals surface area contributed by atoms with Crippen molar-refractivity contribution in [2.24, 2.45) is 0 Å². The second kappa shape index (κ2) is 7.66. The first-order chi connectivity index (χ1) is 13.1. The van der Waals surface area contributed by atoms with Crippen LogP contribution in [0.1, 0.15) is 15.2 Å². The van der Waals surface area contributed by atoms with Crippen molar-refractivity contribution in [3.8, 4) is 5.75 Å². The van der Waals surface area contributed by atoms with Gasteiger partial charge in [0.1, 0.15) is 11.6 Å². The van der Waals surface area contributed by atoms with Crippen molar-refractivity contribution in [2.45, 2.75) is 6.54 Å². The maximum absolute atomic E-state index is 13.9. The van der Waals surface area contributed by atoms with Crippen LogP contribution in [0.15, 0.2) is 48.5 Å². The van der Waals surface area contributed by atoms with Gasteiger partial charge in [0.15, 0.2) is 0 Å². The highest BCUT2D eigenvalue weighted by atomic mass is 32.1. The molecule has 1 saturated heterocycles. The van der Waals surface area contributed by atoms with Crippen LogP contribution in [-0.4, -0.2) is 49.0 Å². The number of hydrogen-bond acceptors (Lipinski definition) is 4. The minimum Gasteiger partial charge on any atom is -0.497 e. The third-order valence-corrected chi connectivity index (χ3v) is 6.03. The molecule has 1 amide bonds. The Kier molecular flexibility index (Phi) is 5.09. The lowest BCUT2D eigenvalue weighted by Crippen LogP contribution is -2.48. The minimum absolute atomic E-state index is 0.000280. The average Bonchev–Trinajstić information content (AvgIpc) is 3.14. The Labute approximate surface area is 161 Å². The van der Waals surface area contributed by atoms with Gasteiger partial charge in [-0.15, -0.1) is 11.3 Å². The van der Waals surface area contributed by atoms with Crippen LogP contribution in [0.4, 0.5) is 4.39 Å². The van der Waals surface area contributed by atoms with Gasteiger partial charge in [0.25, 0.3) is 5.91 Å². The number of amides is 1. The van der Waals surface area contributed by atoms with Crippen molar-refractivity contribution >= 4 is 27.3 Å². The second-order valence-electron chi connectivity index (χ2n) is 6.68. The van der Waals surface area contributed by atoms with Crippen molar-refractivity contribution in [2.75, 3.05) is 33.3 Å². The molecule has 0 atom stereocenters. The summed E-state index contributed by atoms with van der Waals surface area (Å²) in [5.74, 6) is 0.584. The number of carbonyl (C=O) groups excluding carboxylic acids is 1. The SMILES string of the molecule is COc1ccc(CN2CCN(C(=O)c3cc4c(F)cccc4s3)CC2)cc1. The Balaban J connectivity index is 1.37. The van der Waals surface area contributed by atoms with E-state index >= 15 is 0 Å². The third-order valence-electron chi connectivity index (χ3n) is 4.94. The van der Waals surface area contributed by atoms with Gasteiger partial charge < -0.3 is 9.64 Å². The summed E-state index contributed by atoms with van der Waals surface area (Å²) in [7, 11) is 1.66. The van der Waals surface area contributed by atoms with Crippen molar-refractivity contribution < 1.29 is 13.9 Å². The Hall–Kier alpha value is -2.44. The summed E-state index contributed by atoms with van der Waals surface area (Å²) >= 11 is 1.36. The van der Waals surface area contributed by atoms with Gasteiger partial charge in [-0.2, -0.15) is 0 Å². The molecule has 6 heteroatoms. The van der Waals surface area contributed by atoms with Crippen molar-refractivity contribution in [1.82, 2.24) is 9.80 Å². The summed E-state index contributed by atoms with van der Waals surface area (Å²) in [6.07, 6.45) is 0. The molecule has 3 aromatic rings. The van der Waals surface area contributed by atoms with Crippen LogP contribution < -0.4 is 4.74 Å². The normalized spacial score (nSPS) is 15.3. The molecule has 0 spiro atoms. The lowest BCUT2D eigenvalue weighted by Gasteiger charge is -2.34. The van der Waals surface area contributed by atoms with E-state index in [0.717, 1.165) is 30.1 Å². The molecule has 0 N–H and O–H groups in total. The quantitative estimate of drug-likeness (QED) is 0.681. The van der Waals surface area contributed by atoms with E-state index in [-0.39, 0.29) is 11.7 Å². The van der Waals surface area contributed by atoms with Crippen molar-refractivity contribution in [3.63, 3.8) is 0 Å². The molecule has 0 aliphatic carbocycles. The fourth-order valence-electron chi connectivity index (χ4n) is 3.38. The number of ether oxygens (including phenoxy) is 1. The first-order valence-electron chi connectivity index (χ1n) is 8.96. The van der Waals surface area contributed by atoms with E-state index in [4.69, 9.17) is 4.74 Å². The lowest BCUT2D eigenvalue weighted by atomic mass is 10.2. The maximum atomic E-state index is 13.9. The zero-order chi connectivity index (χ0) is 18.8.